The van der Waals surface area contributed by atoms with E-state index < -0.39 is 0 Å². The Bertz CT molecular complexity index is 634. The highest BCUT2D eigenvalue weighted by atomic mass is 32.1. The maximum atomic E-state index is 12.2. The summed E-state index contributed by atoms with van der Waals surface area (Å²) in [6, 6.07) is 7.66. The third kappa shape index (κ3) is 3.22. The number of piperazine rings is 1. The highest BCUT2D eigenvalue weighted by molar-refractivity contribution is 7.13. The third-order valence-corrected chi connectivity index (χ3v) is 4.47. The van der Waals surface area contributed by atoms with Crippen LogP contribution in [0.4, 0.5) is 5.69 Å². The number of nitrogen functional groups attached to an aromatic ring is 1. The maximum Gasteiger partial charge on any atom is 0.228 e. The molecule has 3 rings (SSSR count). The zero-order chi connectivity index (χ0) is 14.7. The van der Waals surface area contributed by atoms with Crippen molar-refractivity contribution in [3.8, 4) is 10.6 Å². The zero-order valence-electron chi connectivity index (χ0n) is 11.7. The highest BCUT2D eigenvalue weighted by Crippen LogP contribution is 2.28. The quantitative estimate of drug-likeness (QED) is 0.840. The van der Waals surface area contributed by atoms with Gasteiger partial charge in [-0.05, 0) is 12.1 Å². The van der Waals surface area contributed by atoms with Crippen molar-refractivity contribution in [1.82, 2.24) is 15.2 Å². The molecule has 6 heteroatoms. The number of para-hydroxylation sites is 1. The van der Waals surface area contributed by atoms with Crippen molar-refractivity contribution in [1.29, 1.82) is 0 Å². The molecule has 1 aromatic carbocycles. The average molecular weight is 302 g/mol. The van der Waals surface area contributed by atoms with Gasteiger partial charge in [0.15, 0.2) is 0 Å². The molecular formula is C15H18N4OS. The Labute approximate surface area is 127 Å². The van der Waals surface area contributed by atoms with Crippen LogP contribution in [0.5, 0.6) is 0 Å². The van der Waals surface area contributed by atoms with E-state index >= 15 is 0 Å². The molecule has 0 unspecified atom stereocenters. The van der Waals surface area contributed by atoms with Gasteiger partial charge in [-0.1, -0.05) is 12.1 Å². The molecule has 2 aromatic rings. The van der Waals surface area contributed by atoms with Gasteiger partial charge in [0, 0.05) is 42.8 Å². The number of nitrogens with zero attached hydrogens (tertiary/aromatic N) is 2. The smallest absolute Gasteiger partial charge is 0.228 e. The first-order valence-corrected chi connectivity index (χ1v) is 7.90. The van der Waals surface area contributed by atoms with Gasteiger partial charge in [-0.15, -0.1) is 11.3 Å². The second kappa shape index (κ2) is 6.24. The van der Waals surface area contributed by atoms with Gasteiger partial charge in [0.1, 0.15) is 5.01 Å². The maximum absolute atomic E-state index is 12.2. The van der Waals surface area contributed by atoms with Crippen molar-refractivity contribution >= 4 is 22.9 Å². The summed E-state index contributed by atoms with van der Waals surface area (Å²) >= 11 is 1.53. The van der Waals surface area contributed by atoms with Gasteiger partial charge in [-0.2, -0.15) is 0 Å². The molecule has 1 saturated heterocycles. The minimum Gasteiger partial charge on any atom is -0.398 e. The van der Waals surface area contributed by atoms with E-state index in [9.17, 15) is 4.79 Å². The van der Waals surface area contributed by atoms with E-state index in [0.29, 0.717) is 12.1 Å². The summed E-state index contributed by atoms with van der Waals surface area (Å²) in [6.07, 6.45) is 0.364. The third-order valence-electron chi connectivity index (χ3n) is 3.54. The van der Waals surface area contributed by atoms with Gasteiger partial charge >= 0.3 is 0 Å². The number of amides is 1. The summed E-state index contributed by atoms with van der Waals surface area (Å²) in [5, 5.41) is 6.06. The SMILES string of the molecule is Nc1ccccc1-c1nc(CC(=O)N2CCNCC2)cs1. The Hall–Kier alpha value is -1.92. The number of rotatable bonds is 3. The van der Waals surface area contributed by atoms with Crippen LogP contribution in [-0.2, 0) is 11.2 Å². The van der Waals surface area contributed by atoms with Crippen LogP contribution < -0.4 is 11.1 Å². The summed E-state index contributed by atoms with van der Waals surface area (Å²) in [7, 11) is 0. The van der Waals surface area contributed by atoms with Crippen LogP contribution in [0.15, 0.2) is 29.6 Å². The van der Waals surface area contributed by atoms with E-state index in [4.69, 9.17) is 5.73 Å². The van der Waals surface area contributed by atoms with Gasteiger partial charge in [0.2, 0.25) is 5.91 Å². The molecule has 1 amide bonds. The molecule has 5 nitrogen and oxygen atoms in total. The Morgan fingerprint density at radius 1 is 1.33 bits per heavy atom. The molecule has 3 N–H and O–H groups in total. The molecule has 1 aromatic heterocycles. The molecule has 0 spiro atoms. The van der Waals surface area contributed by atoms with Gasteiger partial charge in [0.25, 0.3) is 0 Å². The molecule has 0 saturated carbocycles. The molecular weight excluding hydrogens is 284 g/mol. The van der Waals surface area contributed by atoms with Crippen LogP contribution >= 0.6 is 11.3 Å². The van der Waals surface area contributed by atoms with E-state index in [1.807, 2.05) is 34.5 Å². The van der Waals surface area contributed by atoms with Crippen LogP contribution in [0.2, 0.25) is 0 Å². The normalized spacial score (nSPS) is 15.1. The number of benzene rings is 1. The molecule has 0 bridgehead atoms. The number of thiazole rings is 1. The minimum atomic E-state index is 0.148. The number of carbonyl (C=O) groups is 1. The molecule has 21 heavy (non-hydrogen) atoms. The topological polar surface area (TPSA) is 71.2 Å². The largest absolute Gasteiger partial charge is 0.398 e. The summed E-state index contributed by atoms with van der Waals surface area (Å²) in [4.78, 5) is 18.7. The predicted octanol–water partition coefficient (Wildman–Crippen LogP) is 1.37. The minimum absolute atomic E-state index is 0.148. The van der Waals surface area contributed by atoms with Crippen LogP contribution in [0, 0.1) is 0 Å². The molecule has 1 fully saturated rings. The van der Waals surface area contributed by atoms with Gasteiger partial charge in [0.05, 0.1) is 12.1 Å². The van der Waals surface area contributed by atoms with E-state index in [2.05, 4.69) is 10.3 Å². The number of aromatic nitrogens is 1. The first-order valence-electron chi connectivity index (χ1n) is 7.02. The van der Waals surface area contributed by atoms with Crippen molar-refractivity contribution in [3.63, 3.8) is 0 Å². The number of carbonyl (C=O) groups excluding carboxylic acids is 1. The summed E-state index contributed by atoms with van der Waals surface area (Å²) in [5.74, 6) is 0.148. The lowest BCUT2D eigenvalue weighted by Gasteiger charge is -2.27. The zero-order valence-corrected chi connectivity index (χ0v) is 12.5. The lowest BCUT2D eigenvalue weighted by molar-refractivity contribution is -0.131. The summed E-state index contributed by atoms with van der Waals surface area (Å²) < 4.78 is 0. The molecule has 0 aliphatic carbocycles. The number of nitrogens with one attached hydrogen (secondary N) is 1. The first-order chi connectivity index (χ1) is 10.2. The van der Waals surface area contributed by atoms with Gasteiger partial charge in [-0.25, -0.2) is 4.98 Å². The van der Waals surface area contributed by atoms with E-state index in [1.54, 1.807) is 0 Å². The Morgan fingerprint density at radius 2 is 2.10 bits per heavy atom. The van der Waals surface area contributed by atoms with Crippen LogP contribution in [0.25, 0.3) is 10.6 Å². The predicted molar refractivity (Wildman–Crippen MR) is 85.1 cm³/mol. The van der Waals surface area contributed by atoms with Gasteiger partial charge < -0.3 is 16.0 Å². The highest BCUT2D eigenvalue weighted by Gasteiger charge is 2.18. The molecule has 2 heterocycles. The summed E-state index contributed by atoms with van der Waals surface area (Å²) in [5.41, 5.74) is 8.43. The van der Waals surface area contributed by atoms with E-state index in [0.717, 1.165) is 42.4 Å². The van der Waals surface area contributed by atoms with Crippen LogP contribution in [0.3, 0.4) is 0 Å². The van der Waals surface area contributed by atoms with Crippen molar-refractivity contribution in [2.45, 2.75) is 6.42 Å². The van der Waals surface area contributed by atoms with E-state index in [-0.39, 0.29) is 5.91 Å². The van der Waals surface area contributed by atoms with Crippen molar-refractivity contribution in [2.75, 3.05) is 31.9 Å². The fraction of sp³-hybridized carbons (Fsp3) is 0.333. The lowest BCUT2D eigenvalue weighted by atomic mass is 10.2. The Kier molecular flexibility index (Phi) is 4.17. The number of hydrogen-bond donors (Lipinski definition) is 2. The fourth-order valence-electron chi connectivity index (χ4n) is 2.38. The second-order valence-electron chi connectivity index (χ2n) is 5.04. The number of hydrogen-bond acceptors (Lipinski definition) is 5. The Morgan fingerprint density at radius 3 is 2.86 bits per heavy atom. The standard InChI is InChI=1S/C15H18N4OS/c16-13-4-2-1-3-12(13)15-18-11(10-21-15)9-14(20)19-7-5-17-6-8-19/h1-4,10,17H,5-9,16H2. The monoisotopic (exact) mass is 302 g/mol. The van der Waals surface area contributed by atoms with Crippen molar-refractivity contribution in [2.24, 2.45) is 0 Å². The van der Waals surface area contributed by atoms with Crippen molar-refractivity contribution < 1.29 is 4.79 Å². The molecule has 1 aliphatic heterocycles. The number of nitrogens with two attached hydrogens (primary N) is 1. The fourth-order valence-corrected chi connectivity index (χ4v) is 3.25. The Balaban J connectivity index is 1.70. The first kappa shape index (κ1) is 14.0. The average Bonchev–Trinajstić information content (AvgIpc) is 2.97. The van der Waals surface area contributed by atoms with Crippen LogP contribution in [-0.4, -0.2) is 42.0 Å². The molecule has 0 atom stereocenters. The number of anilines is 1. The second-order valence-corrected chi connectivity index (χ2v) is 5.90. The summed E-state index contributed by atoms with van der Waals surface area (Å²) in [6.45, 7) is 3.30. The van der Waals surface area contributed by atoms with Gasteiger partial charge in [-0.3, -0.25) is 4.79 Å². The van der Waals surface area contributed by atoms with Crippen molar-refractivity contribution in [3.05, 3.63) is 35.3 Å². The molecule has 0 radical (unpaired) electrons. The van der Waals surface area contributed by atoms with Crippen LogP contribution in [0.1, 0.15) is 5.69 Å². The molecule has 1 aliphatic rings. The lowest BCUT2D eigenvalue weighted by Crippen LogP contribution is -2.46. The molecule has 110 valence electrons. The van der Waals surface area contributed by atoms with E-state index in [1.165, 1.54) is 11.3 Å².